The molecule has 2 unspecified atom stereocenters. The first-order valence-corrected chi connectivity index (χ1v) is 6.59. The first-order chi connectivity index (χ1) is 8.72. The highest BCUT2D eigenvalue weighted by atomic mass is 16.1. The predicted molar refractivity (Wildman–Crippen MR) is 73.1 cm³/mol. The van der Waals surface area contributed by atoms with Crippen LogP contribution in [0.25, 0.3) is 0 Å². The molecule has 0 bridgehead atoms. The van der Waals surface area contributed by atoms with Gasteiger partial charge in [0.15, 0.2) is 0 Å². The summed E-state index contributed by atoms with van der Waals surface area (Å²) in [5.41, 5.74) is 3.84. The smallest absolute Gasteiger partial charge is 0.253 e. The van der Waals surface area contributed by atoms with Gasteiger partial charge in [-0.05, 0) is 30.9 Å². The van der Waals surface area contributed by atoms with Gasteiger partial charge in [0.1, 0.15) is 0 Å². The van der Waals surface area contributed by atoms with Gasteiger partial charge >= 0.3 is 0 Å². The highest BCUT2D eigenvalue weighted by Crippen LogP contribution is 2.24. The zero-order valence-electron chi connectivity index (χ0n) is 10.8. The van der Waals surface area contributed by atoms with Crippen molar-refractivity contribution in [3.8, 4) is 0 Å². The number of para-hydroxylation sites is 1. The molecule has 1 saturated carbocycles. The molecule has 18 heavy (non-hydrogen) atoms. The number of hydrazine groups is 1. The Morgan fingerprint density at radius 2 is 2.00 bits per heavy atom. The van der Waals surface area contributed by atoms with E-state index in [0.717, 1.165) is 6.42 Å². The lowest BCUT2D eigenvalue weighted by molar-refractivity contribution is 0.0911. The average molecular weight is 247 g/mol. The van der Waals surface area contributed by atoms with Crippen LogP contribution in [0.4, 0.5) is 5.69 Å². The lowest BCUT2D eigenvalue weighted by atomic mass is 9.86. The molecule has 98 valence electrons. The standard InChI is InChI=1S/C14H21N3O/c1-10-6-2-4-8-12(10)16-14(18)11-7-3-5-9-13(11)17-15/h3,5,7,9-10,12,17H,2,4,6,8,15H2,1H3,(H,16,18). The Hall–Kier alpha value is -1.55. The number of benzene rings is 1. The predicted octanol–water partition coefficient (Wildman–Crippen LogP) is 2.28. The van der Waals surface area contributed by atoms with E-state index in [1.165, 1.54) is 19.3 Å². The third kappa shape index (κ3) is 2.82. The quantitative estimate of drug-likeness (QED) is 0.567. The zero-order chi connectivity index (χ0) is 13.0. The largest absolute Gasteiger partial charge is 0.349 e. The summed E-state index contributed by atoms with van der Waals surface area (Å²) in [6.45, 7) is 2.21. The number of hydrogen-bond acceptors (Lipinski definition) is 3. The van der Waals surface area contributed by atoms with Gasteiger partial charge in [-0.3, -0.25) is 10.6 Å². The number of anilines is 1. The van der Waals surface area contributed by atoms with Gasteiger partial charge in [0.05, 0.1) is 11.3 Å². The summed E-state index contributed by atoms with van der Waals surface area (Å²) in [4.78, 5) is 12.2. The van der Waals surface area contributed by atoms with E-state index in [1.807, 2.05) is 12.1 Å². The van der Waals surface area contributed by atoms with Crippen molar-refractivity contribution in [2.75, 3.05) is 5.43 Å². The third-order valence-electron chi connectivity index (χ3n) is 3.76. The summed E-state index contributed by atoms with van der Waals surface area (Å²) >= 11 is 0. The van der Waals surface area contributed by atoms with Gasteiger partial charge in [-0.2, -0.15) is 0 Å². The van der Waals surface area contributed by atoms with Crippen LogP contribution >= 0.6 is 0 Å². The van der Waals surface area contributed by atoms with Crippen molar-refractivity contribution in [2.24, 2.45) is 11.8 Å². The molecule has 4 N–H and O–H groups in total. The van der Waals surface area contributed by atoms with Crippen molar-refractivity contribution in [1.82, 2.24) is 5.32 Å². The molecule has 0 aliphatic heterocycles. The molecule has 1 aromatic carbocycles. The van der Waals surface area contributed by atoms with Crippen molar-refractivity contribution in [2.45, 2.75) is 38.6 Å². The molecule has 0 aromatic heterocycles. The van der Waals surface area contributed by atoms with Gasteiger partial charge in [0.2, 0.25) is 0 Å². The monoisotopic (exact) mass is 247 g/mol. The minimum Gasteiger partial charge on any atom is -0.349 e. The van der Waals surface area contributed by atoms with E-state index in [1.54, 1.807) is 12.1 Å². The first-order valence-electron chi connectivity index (χ1n) is 6.59. The van der Waals surface area contributed by atoms with Crippen molar-refractivity contribution in [1.29, 1.82) is 0 Å². The normalized spacial score (nSPS) is 23.4. The third-order valence-corrected chi connectivity index (χ3v) is 3.76. The number of hydrogen-bond donors (Lipinski definition) is 3. The molecule has 2 atom stereocenters. The maximum Gasteiger partial charge on any atom is 0.253 e. The Bertz CT molecular complexity index is 419. The lowest BCUT2D eigenvalue weighted by Crippen LogP contribution is -2.41. The van der Waals surface area contributed by atoms with E-state index >= 15 is 0 Å². The number of nitrogens with two attached hydrogens (primary N) is 1. The van der Waals surface area contributed by atoms with Gasteiger partial charge in [-0.1, -0.05) is 31.9 Å². The van der Waals surface area contributed by atoms with Gasteiger partial charge < -0.3 is 10.7 Å². The molecule has 4 heteroatoms. The van der Waals surface area contributed by atoms with Crippen molar-refractivity contribution in [3.63, 3.8) is 0 Å². The fourth-order valence-electron chi connectivity index (χ4n) is 2.58. The molecule has 4 nitrogen and oxygen atoms in total. The van der Waals surface area contributed by atoms with Crippen molar-refractivity contribution < 1.29 is 4.79 Å². The molecular formula is C14H21N3O. The highest BCUT2D eigenvalue weighted by molar-refractivity contribution is 5.99. The number of amides is 1. The van der Waals surface area contributed by atoms with Gasteiger partial charge in [0.25, 0.3) is 5.91 Å². The fraction of sp³-hybridized carbons (Fsp3) is 0.500. The molecule has 0 radical (unpaired) electrons. The Balaban J connectivity index is 2.07. The number of nitrogen functional groups attached to an aromatic ring is 1. The van der Waals surface area contributed by atoms with Crippen molar-refractivity contribution >= 4 is 11.6 Å². The van der Waals surface area contributed by atoms with Gasteiger partial charge in [0, 0.05) is 6.04 Å². The van der Waals surface area contributed by atoms with Crippen LogP contribution in [-0.2, 0) is 0 Å². The van der Waals surface area contributed by atoms with E-state index in [9.17, 15) is 4.79 Å². The molecule has 0 heterocycles. The topological polar surface area (TPSA) is 67.2 Å². The summed E-state index contributed by atoms with van der Waals surface area (Å²) in [6, 6.07) is 7.59. The van der Waals surface area contributed by atoms with Crippen LogP contribution < -0.4 is 16.6 Å². The molecule has 1 fully saturated rings. The number of carbonyl (C=O) groups is 1. The molecule has 0 spiro atoms. The van der Waals surface area contributed by atoms with Crippen LogP contribution in [0.3, 0.4) is 0 Å². The highest BCUT2D eigenvalue weighted by Gasteiger charge is 2.23. The van der Waals surface area contributed by atoms with Crippen molar-refractivity contribution in [3.05, 3.63) is 29.8 Å². The molecule has 1 amide bonds. The van der Waals surface area contributed by atoms with E-state index in [2.05, 4.69) is 17.7 Å². The molecule has 2 rings (SSSR count). The van der Waals surface area contributed by atoms with E-state index in [-0.39, 0.29) is 11.9 Å². The Morgan fingerprint density at radius 3 is 2.72 bits per heavy atom. The zero-order valence-corrected chi connectivity index (χ0v) is 10.8. The van der Waals surface area contributed by atoms with Crippen LogP contribution in [0.15, 0.2) is 24.3 Å². The van der Waals surface area contributed by atoms with Crippen LogP contribution in [0.2, 0.25) is 0 Å². The summed E-state index contributed by atoms with van der Waals surface area (Å²) in [6.07, 6.45) is 4.74. The Morgan fingerprint density at radius 1 is 1.28 bits per heavy atom. The molecule has 0 saturated heterocycles. The van der Waals surface area contributed by atoms with Gasteiger partial charge in [-0.25, -0.2) is 0 Å². The first kappa shape index (κ1) is 12.9. The Labute approximate surface area is 108 Å². The second-order valence-electron chi connectivity index (χ2n) is 5.03. The average Bonchev–Trinajstić information content (AvgIpc) is 2.41. The van der Waals surface area contributed by atoms with E-state index in [4.69, 9.17) is 5.84 Å². The SMILES string of the molecule is CC1CCCCC1NC(=O)c1ccccc1NN. The minimum atomic E-state index is -0.0395. The molecule has 1 aliphatic rings. The van der Waals surface area contributed by atoms with Crippen LogP contribution in [0.5, 0.6) is 0 Å². The fourth-order valence-corrected chi connectivity index (χ4v) is 2.58. The maximum absolute atomic E-state index is 12.2. The van der Waals surface area contributed by atoms with Crippen LogP contribution in [-0.4, -0.2) is 11.9 Å². The molecular weight excluding hydrogens is 226 g/mol. The summed E-state index contributed by atoms with van der Waals surface area (Å²) in [7, 11) is 0. The van der Waals surface area contributed by atoms with E-state index < -0.39 is 0 Å². The minimum absolute atomic E-state index is 0.0395. The number of rotatable bonds is 3. The van der Waals surface area contributed by atoms with E-state index in [0.29, 0.717) is 17.2 Å². The Kier molecular flexibility index (Phi) is 4.20. The molecule has 1 aromatic rings. The summed E-state index contributed by atoms with van der Waals surface area (Å²) in [5, 5.41) is 3.13. The van der Waals surface area contributed by atoms with Crippen LogP contribution in [0, 0.1) is 5.92 Å². The number of nitrogens with one attached hydrogen (secondary N) is 2. The second kappa shape index (κ2) is 5.87. The molecule has 1 aliphatic carbocycles. The van der Waals surface area contributed by atoms with Crippen LogP contribution in [0.1, 0.15) is 43.0 Å². The second-order valence-corrected chi connectivity index (χ2v) is 5.03. The number of carbonyl (C=O) groups excluding carboxylic acids is 1. The maximum atomic E-state index is 12.2. The summed E-state index contributed by atoms with van der Waals surface area (Å²) in [5.74, 6) is 5.94. The lowest BCUT2D eigenvalue weighted by Gasteiger charge is -2.29. The summed E-state index contributed by atoms with van der Waals surface area (Å²) < 4.78 is 0. The van der Waals surface area contributed by atoms with Gasteiger partial charge in [-0.15, -0.1) is 0 Å².